The van der Waals surface area contributed by atoms with Crippen LogP contribution in [-0.4, -0.2) is 0 Å². The van der Waals surface area contributed by atoms with Crippen LogP contribution in [0.15, 0.2) is 113 Å². The van der Waals surface area contributed by atoms with Gasteiger partial charge in [0.15, 0.2) is 0 Å². The molecular weight excluding hydrogens is 376 g/mol. The summed E-state index contributed by atoms with van der Waals surface area (Å²) in [5.41, 5.74) is 2.53. The molecule has 1 heteroatoms. The molecule has 0 aliphatic carbocycles. The van der Waals surface area contributed by atoms with Crippen LogP contribution in [0.25, 0.3) is 65.4 Å². The third-order valence-corrected chi connectivity index (χ3v) is 5.98. The van der Waals surface area contributed by atoms with E-state index >= 15 is 0 Å². The van der Waals surface area contributed by atoms with Gasteiger partial charge >= 0.3 is 0 Å². The van der Waals surface area contributed by atoms with Crippen LogP contribution in [0.3, 0.4) is 0 Å². The molecule has 0 aliphatic rings. The first-order valence-corrected chi connectivity index (χ1v) is 10.1. The monoisotopic (exact) mass is 400 g/mol. The van der Waals surface area contributed by atoms with Crippen molar-refractivity contribution in [3.63, 3.8) is 0 Å². The minimum atomic E-state index is -0.427. The molecule has 0 spiro atoms. The number of furan rings is 1. The van der Waals surface area contributed by atoms with Crippen LogP contribution in [0.4, 0.5) is 0 Å². The minimum Gasteiger partial charge on any atom is -0.455 e. The van der Waals surface area contributed by atoms with Crippen LogP contribution < -0.4 is 0 Å². The Labute approximate surface area is 187 Å². The highest BCUT2D eigenvalue weighted by Gasteiger charge is 2.17. The fourth-order valence-electron chi connectivity index (χ4n) is 4.66. The molecule has 7 aromatic rings. The average Bonchev–Trinajstić information content (AvgIpc) is 3.31. The zero-order chi connectivity index (χ0) is 25.6. The maximum Gasteiger partial charge on any atom is 0.143 e. The van der Waals surface area contributed by atoms with Gasteiger partial charge in [-0.3, -0.25) is 0 Å². The van der Waals surface area contributed by atoms with E-state index in [0.29, 0.717) is 16.4 Å². The summed E-state index contributed by atoms with van der Waals surface area (Å²) in [5.74, 6) is 0. The van der Waals surface area contributed by atoms with Crippen molar-refractivity contribution in [2.75, 3.05) is 0 Å². The van der Waals surface area contributed by atoms with E-state index < -0.39 is 12.1 Å². The Bertz CT molecular complexity index is 2050. The van der Waals surface area contributed by atoms with Crippen molar-refractivity contribution in [2.45, 2.75) is 0 Å². The maximum atomic E-state index is 8.95. The van der Waals surface area contributed by atoms with Gasteiger partial charge in [0.05, 0.1) is 8.22 Å². The zero-order valence-corrected chi connectivity index (χ0v) is 16.3. The summed E-state index contributed by atoms with van der Waals surface area (Å²) in [6, 6.07) is 22.3. The van der Waals surface area contributed by atoms with Gasteiger partial charge in [-0.2, -0.15) is 0 Å². The van der Waals surface area contributed by atoms with E-state index in [-0.39, 0.29) is 40.5 Å². The Hall–Kier alpha value is -4.10. The lowest BCUT2D eigenvalue weighted by atomic mass is 9.90. The second kappa shape index (κ2) is 6.20. The predicted octanol–water partition coefficient (Wildman–Crippen LogP) is 8.71. The number of hydrogen-bond acceptors (Lipinski definition) is 1. The Morgan fingerprint density at radius 2 is 1.32 bits per heavy atom. The Morgan fingerprint density at radius 1 is 0.581 bits per heavy atom. The van der Waals surface area contributed by atoms with Crippen molar-refractivity contribution in [1.29, 1.82) is 0 Å². The molecule has 0 atom stereocenters. The summed E-state index contributed by atoms with van der Waals surface area (Å²) < 4.78 is 57.2. The summed E-state index contributed by atoms with van der Waals surface area (Å²) in [6.07, 6.45) is 0. The third-order valence-electron chi connectivity index (χ3n) is 5.98. The van der Waals surface area contributed by atoms with Crippen LogP contribution >= 0.6 is 0 Å². The molecule has 0 N–H and O–H groups in total. The van der Waals surface area contributed by atoms with Crippen LogP contribution in [-0.2, 0) is 0 Å². The van der Waals surface area contributed by atoms with Crippen molar-refractivity contribution in [2.24, 2.45) is 0 Å². The number of fused-ring (bicyclic) bond motifs is 7. The van der Waals surface area contributed by atoms with E-state index in [1.54, 1.807) is 6.07 Å². The summed E-state index contributed by atoms with van der Waals surface area (Å²) in [5, 5.41) is 5.41. The molecular formula is C30H18O. The lowest BCUT2D eigenvalue weighted by Gasteiger charge is -2.13. The molecule has 0 saturated heterocycles. The van der Waals surface area contributed by atoms with Gasteiger partial charge in [0.25, 0.3) is 0 Å². The first kappa shape index (κ1) is 11.9. The quantitative estimate of drug-likeness (QED) is 0.251. The highest BCUT2D eigenvalue weighted by atomic mass is 16.3. The van der Waals surface area contributed by atoms with Gasteiger partial charge in [-0.05, 0) is 56.2 Å². The molecule has 7 rings (SSSR count). The molecule has 1 nitrogen and oxygen atoms in total. The highest BCUT2D eigenvalue weighted by Crippen LogP contribution is 2.43. The van der Waals surface area contributed by atoms with Crippen molar-refractivity contribution < 1.29 is 12.6 Å². The zero-order valence-electron chi connectivity index (χ0n) is 22.3. The topological polar surface area (TPSA) is 13.1 Å². The Balaban J connectivity index is 1.75. The fourth-order valence-corrected chi connectivity index (χ4v) is 4.66. The van der Waals surface area contributed by atoms with E-state index in [9.17, 15) is 0 Å². The minimum absolute atomic E-state index is 0.000262. The van der Waals surface area contributed by atoms with Gasteiger partial charge in [0.1, 0.15) is 11.2 Å². The number of hydrogen-bond donors (Lipinski definition) is 0. The molecule has 0 saturated carbocycles. The van der Waals surface area contributed by atoms with E-state index in [1.807, 2.05) is 36.4 Å². The first-order valence-electron chi connectivity index (χ1n) is 13.1. The smallest absolute Gasteiger partial charge is 0.143 e. The molecule has 6 aromatic carbocycles. The highest BCUT2D eigenvalue weighted by molar-refractivity contribution is 6.23. The fraction of sp³-hybridized carbons (Fsp3) is 0. The first-order chi connectivity index (χ1) is 17.9. The van der Waals surface area contributed by atoms with Gasteiger partial charge in [-0.15, -0.1) is 0 Å². The van der Waals surface area contributed by atoms with Crippen LogP contribution in [0.2, 0.25) is 0 Å². The third kappa shape index (κ3) is 2.32. The molecule has 0 unspecified atom stereocenters. The van der Waals surface area contributed by atoms with Gasteiger partial charge in [-0.1, -0.05) is 90.9 Å². The molecule has 0 amide bonds. The number of rotatable bonds is 1. The summed E-state index contributed by atoms with van der Waals surface area (Å²) in [7, 11) is 0. The average molecular weight is 401 g/mol. The number of benzene rings is 6. The molecule has 144 valence electrons. The molecule has 1 heterocycles. The van der Waals surface area contributed by atoms with Crippen LogP contribution in [0, 0.1) is 0 Å². The van der Waals surface area contributed by atoms with Crippen molar-refractivity contribution in [3.8, 4) is 11.1 Å². The molecule has 31 heavy (non-hydrogen) atoms. The summed E-state index contributed by atoms with van der Waals surface area (Å²) in [6.45, 7) is 0. The molecule has 0 bridgehead atoms. The van der Waals surface area contributed by atoms with E-state index in [2.05, 4.69) is 30.3 Å². The molecule has 0 radical (unpaired) electrons. The maximum absolute atomic E-state index is 8.95. The summed E-state index contributed by atoms with van der Waals surface area (Å²) >= 11 is 0. The van der Waals surface area contributed by atoms with Gasteiger partial charge in [0.2, 0.25) is 0 Å². The predicted molar refractivity (Wildman–Crippen MR) is 132 cm³/mol. The normalized spacial score (nSPS) is 14.6. The second-order valence-electron chi connectivity index (χ2n) is 7.68. The van der Waals surface area contributed by atoms with Gasteiger partial charge < -0.3 is 4.42 Å². The van der Waals surface area contributed by atoms with Crippen molar-refractivity contribution >= 4 is 54.3 Å². The molecule has 0 fully saturated rings. The Kier molecular flexibility index (Phi) is 2.38. The molecule has 1 aromatic heterocycles. The largest absolute Gasteiger partial charge is 0.455 e. The summed E-state index contributed by atoms with van der Waals surface area (Å²) in [4.78, 5) is 0. The van der Waals surface area contributed by atoms with Crippen molar-refractivity contribution in [1.82, 2.24) is 0 Å². The van der Waals surface area contributed by atoms with E-state index in [0.717, 1.165) is 32.7 Å². The van der Waals surface area contributed by atoms with Gasteiger partial charge in [0, 0.05) is 16.2 Å². The lowest BCUT2D eigenvalue weighted by molar-refractivity contribution is 0.673. The Morgan fingerprint density at radius 3 is 2.13 bits per heavy atom. The van der Waals surface area contributed by atoms with E-state index in [4.69, 9.17) is 12.6 Å². The van der Waals surface area contributed by atoms with Crippen LogP contribution in [0.1, 0.15) is 8.22 Å². The second-order valence-corrected chi connectivity index (χ2v) is 7.68. The lowest BCUT2D eigenvalue weighted by Crippen LogP contribution is -1.86. The molecule has 0 aliphatic heterocycles. The SMILES string of the molecule is [2H]c1c([2H])c([2H])c2c(c1[2H])c([2H])c([2H])c1c2oc2cccc(-c3c4ccccc4cc4ccccc34)c21. The van der Waals surface area contributed by atoms with Crippen molar-refractivity contribution in [3.05, 3.63) is 109 Å². The van der Waals surface area contributed by atoms with E-state index in [1.165, 1.54) is 0 Å². The van der Waals surface area contributed by atoms with Crippen LogP contribution in [0.5, 0.6) is 0 Å². The van der Waals surface area contributed by atoms with Gasteiger partial charge in [-0.25, -0.2) is 0 Å². The standard InChI is InChI=1S/C30H18O/c1-6-13-24-19(8-1)16-17-26-29-25(14-7-15-27(29)31-30(24)26)28-22-11-4-2-9-20(22)18-21-10-3-5-12-23(21)28/h1-18H/i1D,6D,8D,13D,16D,17D.